The molecule has 114 valence electrons. The van der Waals surface area contributed by atoms with Crippen molar-refractivity contribution in [2.24, 2.45) is 0 Å². The van der Waals surface area contributed by atoms with Crippen LogP contribution in [-0.2, 0) is 16.0 Å². The molecule has 1 amide bonds. The third kappa shape index (κ3) is 4.85. The Morgan fingerprint density at radius 1 is 1.19 bits per heavy atom. The number of hydrogen-bond acceptors (Lipinski definition) is 3. The molecule has 1 aromatic heterocycles. The van der Waals surface area contributed by atoms with Gasteiger partial charge in [0.25, 0.3) is 0 Å². The van der Waals surface area contributed by atoms with Crippen LogP contribution < -0.4 is 5.32 Å². The van der Waals surface area contributed by atoms with Gasteiger partial charge in [-0.05, 0) is 37.0 Å². The highest BCUT2D eigenvalue weighted by atomic mass is 16.4. The van der Waals surface area contributed by atoms with Gasteiger partial charge >= 0.3 is 5.97 Å². The topological polar surface area (TPSA) is 79.3 Å². The first-order valence-corrected chi connectivity index (χ1v) is 7.51. The molecule has 1 aliphatic carbocycles. The molecule has 0 saturated heterocycles. The normalized spacial score (nSPS) is 17.1. The van der Waals surface area contributed by atoms with Crippen LogP contribution in [0.2, 0.25) is 0 Å². The second-order valence-electron chi connectivity index (χ2n) is 5.82. The number of nitrogens with one attached hydrogen (secondary N) is 1. The Morgan fingerprint density at radius 2 is 1.86 bits per heavy atom. The number of aliphatic carboxylic acids is 1. The minimum atomic E-state index is -0.841. The molecule has 2 N–H and O–H groups in total. The first-order chi connectivity index (χ1) is 10.1. The van der Waals surface area contributed by atoms with Gasteiger partial charge in [-0.2, -0.15) is 0 Å². The zero-order chi connectivity index (χ0) is 15.1. The van der Waals surface area contributed by atoms with E-state index in [2.05, 4.69) is 10.3 Å². The quantitative estimate of drug-likeness (QED) is 0.842. The summed E-state index contributed by atoms with van der Waals surface area (Å²) in [4.78, 5) is 27.2. The highest BCUT2D eigenvalue weighted by molar-refractivity contribution is 5.78. The standard InChI is InChI=1S/C16H22N2O3/c19-14(5-4-13-6-10-17-11-7-13)18-16(12-15(20)21)8-2-1-3-9-16/h6-7,10-11H,1-5,8-9,12H2,(H,18,19)(H,20,21). The van der Waals surface area contributed by atoms with Gasteiger partial charge in [0.05, 0.1) is 12.0 Å². The van der Waals surface area contributed by atoms with Crippen LogP contribution >= 0.6 is 0 Å². The van der Waals surface area contributed by atoms with Crippen molar-refractivity contribution in [3.63, 3.8) is 0 Å². The van der Waals surface area contributed by atoms with E-state index >= 15 is 0 Å². The smallest absolute Gasteiger partial charge is 0.305 e. The van der Waals surface area contributed by atoms with Gasteiger partial charge < -0.3 is 10.4 Å². The fraction of sp³-hybridized carbons (Fsp3) is 0.562. The van der Waals surface area contributed by atoms with Gasteiger partial charge in [0.15, 0.2) is 0 Å². The zero-order valence-electron chi connectivity index (χ0n) is 12.2. The number of hydrogen-bond donors (Lipinski definition) is 2. The summed E-state index contributed by atoms with van der Waals surface area (Å²) in [5, 5.41) is 12.1. The van der Waals surface area contributed by atoms with E-state index in [1.165, 1.54) is 0 Å². The Morgan fingerprint density at radius 3 is 2.48 bits per heavy atom. The molecule has 1 aliphatic rings. The summed E-state index contributed by atoms with van der Waals surface area (Å²) >= 11 is 0. The first kappa shape index (κ1) is 15.5. The number of pyridine rings is 1. The Labute approximate surface area is 124 Å². The predicted molar refractivity (Wildman–Crippen MR) is 78.8 cm³/mol. The minimum Gasteiger partial charge on any atom is -0.481 e. The number of carboxylic acid groups (broad SMARTS) is 1. The summed E-state index contributed by atoms with van der Waals surface area (Å²) in [6.07, 6.45) is 9.09. The molecule has 1 saturated carbocycles. The maximum absolute atomic E-state index is 12.2. The van der Waals surface area contributed by atoms with E-state index in [1.807, 2.05) is 12.1 Å². The summed E-state index contributed by atoms with van der Waals surface area (Å²) in [5.41, 5.74) is 0.524. The van der Waals surface area contributed by atoms with Crippen molar-refractivity contribution in [3.8, 4) is 0 Å². The molecule has 0 aromatic carbocycles. The van der Waals surface area contributed by atoms with Crippen LogP contribution in [0, 0.1) is 0 Å². The maximum Gasteiger partial charge on any atom is 0.305 e. The van der Waals surface area contributed by atoms with Crippen LogP contribution in [0.15, 0.2) is 24.5 Å². The lowest BCUT2D eigenvalue weighted by atomic mass is 9.79. The molecular weight excluding hydrogens is 268 g/mol. The summed E-state index contributed by atoms with van der Waals surface area (Å²) in [6, 6.07) is 3.78. The fourth-order valence-electron chi connectivity index (χ4n) is 3.03. The number of rotatable bonds is 6. The van der Waals surface area contributed by atoms with Crippen LogP contribution in [0.1, 0.15) is 50.5 Å². The van der Waals surface area contributed by atoms with Crippen LogP contribution in [0.5, 0.6) is 0 Å². The van der Waals surface area contributed by atoms with Crippen LogP contribution in [0.4, 0.5) is 0 Å². The zero-order valence-corrected chi connectivity index (χ0v) is 12.2. The molecule has 5 nitrogen and oxygen atoms in total. The van der Waals surface area contributed by atoms with Gasteiger partial charge in [-0.1, -0.05) is 19.3 Å². The second-order valence-corrected chi connectivity index (χ2v) is 5.82. The van der Waals surface area contributed by atoms with E-state index in [1.54, 1.807) is 12.4 Å². The van der Waals surface area contributed by atoms with E-state index in [4.69, 9.17) is 5.11 Å². The average molecular weight is 290 g/mol. The van der Waals surface area contributed by atoms with E-state index in [0.717, 1.165) is 37.7 Å². The third-order valence-corrected chi connectivity index (χ3v) is 4.09. The van der Waals surface area contributed by atoms with E-state index < -0.39 is 11.5 Å². The van der Waals surface area contributed by atoms with Crippen LogP contribution in [0.25, 0.3) is 0 Å². The molecule has 1 fully saturated rings. The minimum absolute atomic E-state index is 0.0218. The van der Waals surface area contributed by atoms with Crippen molar-refractivity contribution < 1.29 is 14.7 Å². The summed E-state index contributed by atoms with van der Waals surface area (Å²) in [5.74, 6) is -0.902. The average Bonchev–Trinajstić information content (AvgIpc) is 2.46. The molecule has 5 heteroatoms. The highest BCUT2D eigenvalue weighted by Gasteiger charge is 2.35. The number of aryl methyl sites for hydroxylation is 1. The molecule has 1 heterocycles. The molecule has 0 bridgehead atoms. The Balaban J connectivity index is 1.90. The molecule has 0 atom stereocenters. The van der Waals surface area contributed by atoms with Crippen LogP contribution in [-0.4, -0.2) is 27.5 Å². The van der Waals surface area contributed by atoms with Gasteiger partial charge in [-0.3, -0.25) is 14.6 Å². The number of aromatic nitrogens is 1. The lowest BCUT2D eigenvalue weighted by Gasteiger charge is -2.37. The molecule has 1 aromatic rings. The largest absolute Gasteiger partial charge is 0.481 e. The Bertz CT molecular complexity index is 482. The molecule has 21 heavy (non-hydrogen) atoms. The van der Waals surface area contributed by atoms with Crippen molar-refractivity contribution in [1.29, 1.82) is 0 Å². The Kier molecular flexibility index (Phi) is 5.31. The molecule has 0 radical (unpaired) electrons. The Hall–Kier alpha value is -1.91. The second kappa shape index (κ2) is 7.20. The molecule has 0 spiro atoms. The molecule has 2 rings (SSSR count). The number of carboxylic acids is 1. The van der Waals surface area contributed by atoms with Crippen molar-refractivity contribution in [2.45, 2.75) is 56.9 Å². The lowest BCUT2D eigenvalue weighted by molar-refractivity contribution is -0.139. The van der Waals surface area contributed by atoms with Gasteiger partial charge in [-0.15, -0.1) is 0 Å². The van der Waals surface area contributed by atoms with Gasteiger partial charge in [-0.25, -0.2) is 0 Å². The van der Waals surface area contributed by atoms with Gasteiger partial charge in [0, 0.05) is 18.8 Å². The monoisotopic (exact) mass is 290 g/mol. The number of carbonyl (C=O) groups excluding carboxylic acids is 1. The summed E-state index contributed by atoms with van der Waals surface area (Å²) < 4.78 is 0. The summed E-state index contributed by atoms with van der Waals surface area (Å²) in [7, 11) is 0. The van der Waals surface area contributed by atoms with Gasteiger partial charge in [0.2, 0.25) is 5.91 Å². The molecular formula is C16H22N2O3. The van der Waals surface area contributed by atoms with Crippen molar-refractivity contribution in [2.75, 3.05) is 0 Å². The maximum atomic E-state index is 12.2. The lowest BCUT2D eigenvalue weighted by Crippen LogP contribution is -2.51. The SMILES string of the molecule is O=C(O)CC1(NC(=O)CCc2ccncc2)CCCCC1. The molecule has 0 unspecified atom stereocenters. The predicted octanol–water partition coefficient (Wildman–Crippen LogP) is 2.31. The third-order valence-electron chi connectivity index (χ3n) is 4.09. The van der Waals surface area contributed by atoms with Crippen molar-refractivity contribution in [3.05, 3.63) is 30.1 Å². The number of amides is 1. The molecule has 0 aliphatic heterocycles. The van der Waals surface area contributed by atoms with E-state index in [9.17, 15) is 9.59 Å². The number of nitrogens with zero attached hydrogens (tertiary/aromatic N) is 1. The first-order valence-electron chi connectivity index (χ1n) is 7.51. The van der Waals surface area contributed by atoms with E-state index in [0.29, 0.717) is 12.8 Å². The highest BCUT2D eigenvalue weighted by Crippen LogP contribution is 2.31. The van der Waals surface area contributed by atoms with Crippen molar-refractivity contribution >= 4 is 11.9 Å². The van der Waals surface area contributed by atoms with E-state index in [-0.39, 0.29) is 12.3 Å². The van der Waals surface area contributed by atoms with Gasteiger partial charge in [0.1, 0.15) is 0 Å². The van der Waals surface area contributed by atoms with Crippen molar-refractivity contribution in [1.82, 2.24) is 10.3 Å². The van der Waals surface area contributed by atoms with Crippen LogP contribution in [0.3, 0.4) is 0 Å². The fourth-order valence-corrected chi connectivity index (χ4v) is 3.03. The number of carbonyl (C=O) groups is 2. The summed E-state index contributed by atoms with van der Waals surface area (Å²) in [6.45, 7) is 0.